The summed E-state index contributed by atoms with van der Waals surface area (Å²) >= 11 is 0. The van der Waals surface area contributed by atoms with E-state index >= 15 is 0 Å². The van der Waals surface area contributed by atoms with Gasteiger partial charge in [0.1, 0.15) is 5.75 Å². The Labute approximate surface area is 149 Å². The average Bonchev–Trinajstić information content (AvgIpc) is 2.57. The fourth-order valence-corrected chi connectivity index (χ4v) is 2.45. The third kappa shape index (κ3) is 5.91. The first-order chi connectivity index (χ1) is 12.3. The van der Waals surface area contributed by atoms with Crippen molar-refractivity contribution in [3.05, 3.63) is 23.8 Å². The summed E-state index contributed by atoms with van der Waals surface area (Å²) in [6, 6.07) is 5.56. The minimum atomic E-state index is -4.82. The number of ether oxygens (including phenoxy) is 1. The van der Waals surface area contributed by atoms with E-state index in [1.54, 1.807) is 6.92 Å². The maximum absolute atomic E-state index is 12.0. The lowest BCUT2D eigenvalue weighted by molar-refractivity contribution is -0.173. The largest absolute Gasteiger partial charge is 0.479 e. The van der Waals surface area contributed by atoms with Gasteiger partial charge < -0.3 is 20.7 Å². The highest BCUT2D eigenvalue weighted by molar-refractivity contribution is 5.97. The zero-order valence-electron chi connectivity index (χ0n) is 14.4. The Morgan fingerprint density at radius 3 is 2.69 bits per heavy atom. The number of alkyl halides is 3. The van der Waals surface area contributed by atoms with Crippen molar-refractivity contribution < 1.29 is 27.5 Å². The predicted molar refractivity (Wildman–Crippen MR) is 89.8 cm³/mol. The van der Waals surface area contributed by atoms with Crippen LogP contribution in [0, 0.1) is 0 Å². The zero-order valence-corrected chi connectivity index (χ0v) is 14.4. The molecule has 1 aliphatic rings. The number of fused-ring (bicyclic) bond motifs is 1. The lowest BCUT2D eigenvalue weighted by Crippen LogP contribution is -2.37. The van der Waals surface area contributed by atoms with E-state index < -0.39 is 18.2 Å². The van der Waals surface area contributed by atoms with Crippen LogP contribution in [0.5, 0.6) is 5.75 Å². The highest BCUT2D eigenvalue weighted by Gasteiger charge is 2.38. The van der Waals surface area contributed by atoms with Crippen LogP contribution in [-0.4, -0.2) is 37.2 Å². The Balaban J connectivity index is 1.60. The van der Waals surface area contributed by atoms with Crippen LogP contribution in [0.3, 0.4) is 0 Å². The standard InChI is InChI=1S/C17H22F3N3O3/c1-11-15(24)23-13-9-12(5-6-14(13)26-11)10-21-7-3-2-4-8-22-16(25)17(18,19)20/h5-6,9,11,21H,2-4,7-8,10H2,1H3,(H,22,25)(H,23,24). The quantitative estimate of drug-likeness (QED) is 0.611. The van der Waals surface area contributed by atoms with E-state index in [1.165, 1.54) is 0 Å². The van der Waals surface area contributed by atoms with Crippen molar-refractivity contribution in [2.75, 3.05) is 18.4 Å². The number of halogens is 3. The number of amides is 2. The zero-order chi connectivity index (χ0) is 19.2. The molecule has 1 heterocycles. The van der Waals surface area contributed by atoms with Crippen LogP contribution in [0.25, 0.3) is 0 Å². The molecule has 0 fully saturated rings. The van der Waals surface area contributed by atoms with Crippen molar-refractivity contribution in [1.82, 2.24) is 10.6 Å². The van der Waals surface area contributed by atoms with Crippen LogP contribution in [0.15, 0.2) is 18.2 Å². The number of nitrogens with one attached hydrogen (secondary N) is 3. The van der Waals surface area contributed by atoms with Gasteiger partial charge >= 0.3 is 12.1 Å². The van der Waals surface area contributed by atoms with Crippen molar-refractivity contribution in [3.8, 4) is 5.75 Å². The first-order valence-corrected chi connectivity index (χ1v) is 8.43. The molecule has 1 aromatic carbocycles. The summed E-state index contributed by atoms with van der Waals surface area (Å²) in [5.41, 5.74) is 1.63. The highest BCUT2D eigenvalue weighted by atomic mass is 19.4. The molecule has 144 valence electrons. The Morgan fingerprint density at radius 2 is 1.96 bits per heavy atom. The normalized spacial score (nSPS) is 16.5. The van der Waals surface area contributed by atoms with Crippen LogP contribution in [-0.2, 0) is 16.1 Å². The minimum absolute atomic E-state index is 0.0152. The molecule has 3 N–H and O–H groups in total. The molecular weight excluding hydrogens is 351 g/mol. The van der Waals surface area contributed by atoms with Gasteiger partial charge in [0.05, 0.1) is 5.69 Å². The summed E-state index contributed by atoms with van der Waals surface area (Å²) in [7, 11) is 0. The molecule has 0 aromatic heterocycles. The van der Waals surface area contributed by atoms with E-state index in [1.807, 2.05) is 23.5 Å². The summed E-state index contributed by atoms with van der Waals surface area (Å²) in [6.07, 6.45) is -3.35. The third-order valence-electron chi connectivity index (χ3n) is 3.88. The van der Waals surface area contributed by atoms with Gasteiger partial charge in [-0.1, -0.05) is 12.5 Å². The van der Waals surface area contributed by atoms with E-state index in [9.17, 15) is 22.8 Å². The number of unbranched alkanes of at least 4 members (excludes halogenated alkanes) is 2. The van der Waals surface area contributed by atoms with Gasteiger partial charge in [0.25, 0.3) is 5.91 Å². The van der Waals surface area contributed by atoms with Crippen molar-refractivity contribution in [3.63, 3.8) is 0 Å². The molecule has 0 bridgehead atoms. The van der Waals surface area contributed by atoms with Gasteiger partial charge in [-0.3, -0.25) is 9.59 Å². The van der Waals surface area contributed by atoms with E-state index in [0.717, 1.165) is 12.0 Å². The Bertz CT molecular complexity index is 650. The van der Waals surface area contributed by atoms with E-state index in [2.05, 4.69) is 10.6 Å². The van der Waals surface area contributed by atoms with Gasteiger partial charge in [-0.15, -0.1) is 0 Å². The average molecular weight is 373 g/mol. The summed E-state index contributed by atoms with van der Waals surface area (Å²) in [5.74, 6) is -1.43. The SMILES string of the molecule is CC1Oc2ccc(CNCCCCCNC(=O)C(F)(F)F)cc2NC1=O. The molecule has 0 aliphatic carbocycles. The molecule has 26 heavy (non-hydrogen) atoms. The molecule has 0 radical (unpaired) electrons. The van der Waals surface area contributed by atoms with E-state index in [0.29, 0.717) is 37.4 Å². The highest BCUT2D eigenvalue weighted by Crippen LogP contribution is 2.30. The van der Waals surface area contributed by atoms with Crippen LogP contribution >= 0.6 is 0 Å². The van der Waals surface area contributed by atoms with Gasteiger partial charge in [0.15, 0.2) is 6.10 Å². The Morgan fingerprint density at radius 1 is 1.23 bits per heavy atom. The second kappa shape index (κ2) is 8.88. The third-order valence-corrected chi connectivity index (χ3v) is 3.88. The Kier molecular flexibility index (Phi) is 6.84. The van der Waals surface area contributed by atoms with Gasteiger partial charge in [0.2, 0.25) is 0 Å². The number of benzene rings is 1. The number of hydrogen-bond donors (Lipinski definition) is 3. The molecule has 0 saturated heterocycles. The van der Waals surface area contributed by atoms with Crippen molar-refractivity contribution >= 4 is 17.5 Å². The number of carbonyl (C=O) groups excluding carboxylic acids is 2. The minimum Gasteiger partial charge on any atom is -0.479 e. The second-order valence-corrected chi connectivity index (χ2v) is 6.07. The van der Waals surface area contributed by atoms with E-state index in [-0.39, 0.29) is 12.5 Å². The smallest absolute Gasteiger partial charge is 0.471 e. The summed E-state index contributed by atoms with van der Waals surface area (Å²) in [5, 5.41) is 7.86. The molecule has 1 unspecified atom stereocenters. The van der Waals surface area contributed by atoms with Crippen molar-refractivity contribution in [1.29, 1.82) is 0 Å². The first-order valence-electron chi connectivity index (χ1n) is 8.43. The van der Waals surface area contributed by atoms with Crippen LogP contribution in [0.4, 0.5) is 18.9 Å². The van der Waals surface area contributed by atoms with Gasteiger partial charge in [-0.25, -0.2) is 0 Å². The summed E-state index contributed by atoms with van der Waals surface area (Å²) < 4.78 is 41.4. The Hall–Kier alpha value is -2.29. The summed E-state index contributed by atoms with van der Waals surface area (Å²) in [6.45, 7) is 3.00. The number of hydrogen-bond acceptors (Lipinski definition) is 4. The molecule has 2 rings (SSSR count). The van der Waals surface area contributed by atoms with Gasteiger partial charge in [0, 0.05) is 13.1 Å². The maximum atomic E-state index is 12.0. The van der Waals surface area contributed by atoms with Crippen LogP contribution in [0.1, 0.15) is 31.7 Å². The first kappa shape index (κ1) is 20.0. The van der Waals surface area contributed by atoms with Gasteiger partial charge in [-0.2, -0.15) is 13.2 Å². The molecule has 1 atom stereocenters. The topological polar surface area (TPSA) is 79.5 Å². The summed E-state index contributed by atoms with van der Waals surface area (Å²) in [4.78, 5) is 22.2. The molecule has 2 amide bonds. The lowest BCUT2D eigenvalue weighted by Gasteiger charge is -2.23. The van der Waals surface area contributed by atoms with Gasteiger partial charge in [-0.05, 0) is 44.0 Å². The molecule has 6 nitrogen and oxygen atoms in total. The van der Waals surface area contributed by atoms with Crippen LogP contribution in [0.2, 0.25) is 0 Å². The molecule has 9 heteroatoms. The van der Waals surface area contributed by atoms with Crippen molar-refractivity contribution in [2.24, 2.45) is 0 Å². The van der Waals surface area contributed by atoms with E-state index in [4.69, 9.17) is 4.74 Å². The fourth-order valence-electron chi connectivity index (χ4n) is 2.45. The maximum Gasteiger partial charge on any atom is 0.471 e. The fraction of sp³-hybridized carbons (Fsp3) is 0.529. The molecule has 0 spiro atoms. The number of anilines is 1. The monoisotopic (exact) mass is 373 g/mol. The molecular formula is C17H22F3N3O3. The number of rotatable bonds is 8. The van der Waals surface area contributed by atoms with Crippen molar-refractivity contribution in [2.45, 2.75) is 45.0 Å². The second-order valence-electron chi connectivity index (χ2n) is 6.07. The lowest BCUT2D eigenvalue weighted by atomic mass is 10.1. The molecule has 1 aromatic rings. The molecule has 0 saturated carbocycles. The molecule has 1 aliphatic heterocycles. The van der Waals surface area contributed by atoms with Crippen LogP contribution < -0.4 is 20.7 Å². The number of carbonyl (C=O) groups is 2. The predicted octanol–water partition coefficient (Wildman–Crippen LogP) is 2.34.